The largest absolute Gasteiger partial charge is 0.492 e. The van der Waals surface area contributed by atoms with Crippen molar-refractivity contribution in [3.05, 3.63) is 34.3 Å². The Morgan fingerprint density at radius 1 is 1.28 bits per heavy atom. The Bertz CT molecular complexity index is 441. The summed E-state index contributed by atoms with van der Waals surface area (Å²) in [7, 11) is 0. The molecule has 1 aliphatic rings. The van der Waals surface area contributed by atoms with Crippen molar-refractivity contribution in [2.45, 2.75) is 12.1 Å². The highest BCUT2D eigenvalue weighted by Gasteiger charge is 2.44. The molecule has 7 heteroatoms. The highest BCUT2D eigenvalue weighted by molar-refractivity contribution is 9.10. The number of benzene rings is 1. The van der Waals surface area contributed by atoms with E-state index in [9.17, 15) is 18.0 Å². The van der Waals surface area contributed by atoms with Crippen molar-refractivity contribution in [2.75, 3.05) is 13.1 Å². The highest BCUT2D eigenvalue weighted by Crippen LogP contribution is 2.29. The second-order valence-corrected chi connectivity index (χ2v) is 4.89. The smallest absolute Gasteiger partial charge is 0.361 e. The van der Waals surface area contributed by atoms with Crippen LogP contribution in [0.2, 0.25) is 0 Å². The molecule has 0 unspecified atom stereocenters. The number of halogens is 4. The van der Waals surface area contributed by atoms with Gasteiger partial charge in [-0.1, -0.05) is 28.1 Å². The molecule has 0 atom stereocenters. The Balaban J connectivity index is 1.84. The molecule has 0 aliphatic carbocycles. The van der Waals surface area contributed by atoms with Crippen LogP contribution in [-0.2, 0) is 9.63 Å². The molecule has 1 saturated heterocycles. The lowest BCUT2D eigenvalue weighted by atomic mass is 9.93. The van der Waals surface area contributed by atoms with Crippen molar-refractivity contribution < 1.29 is 22.8 Å². The van der Waals surface area contributed by atoms with Crippen LogP contribution in [0.15, 0.2) is 28.7 Å². The first-order valence-corrected chi connectivity index (χ1v) is 5.95. The van der Waals surface area contributed by atoms with Gasteiger partial charge in [0.05, 0.1) is 0 Å². The van der Waals surface area contributed by atoms with E-state index in [1.807, 2.05) is 24.3 Å². The number of carbonyl (C=O) groups excluding carboxylic acids is 1. The summed E-state index contributed by atoms with van der Waals surface area (Å²) in [4.78, 5) is 14.7. The summed E-state index contributed by atoms with van der Waals surface area (Å²) in [5, 5.41) is 1.02. The van der Waals surface area contributed by atoms with Crippen molar-refractivity contribution in [1.82, 2.24) is 5.06 Å². The van der Waals surface area contributed by atoms with Crippen molar-refractivity contribution in [2.24, 2.45) is 0 Å². The van der Waals surface area contributed by atoms with E-state index in [-0.39, 0.29) is 19.0 Å². The van der Waals surface area contributed by atoms with Crippen LogP contribution in [0.4, 0.5) is 13.2 Å². The number of carbonyl (C=O) groups is 1. The second kappa shape index (κ2) is 4.89. The third-order valence-corrected chi connectivity index (χ3v) is 3.16. The summed E-state index contributed by atoms with van der Waals surface area (Å²) in [5.41, 5.74) is 1.01. The molecule has 1 heterocycles. The molecule has 0 amide bonds. The molecule has 0 spiro atoms. The third-order valence-electron chi connectivity index (χ3n) is 2.63. The Morgan fingerprint density at radius 3 is 2.33 bits per heavy atom. The minimum atomic E-state index is -4.94. The number of hydroxylamine groups is 2. The third kappa shape index (κ3) is 3.02. The van der Waals surface area contributed by atoms with Gasteiger partial charge in [0, 0.05) is 23.5 Å². The summed E-state index contributed by atoms with van der Waals surface area (Å²) in [6.07, 6.45) is -4.94. The maximum absolute atomic E-state index is 11.9. The van der Waals surface area contributed by atoms with Gasteiger partial charge in [0.2, 0.25) is 0 Å². The molecule has 1 fully saturated rings. The first-order chi connectivity index (χ1) is 8.36. The number of hydrogen-bond donors (Lipinski definition) is 0. The number of rotatable bonds is 2. The second-order valence-electron chi connectivity index (χ2n) is 3.97. The van der Waals surface area contributed by atoms with Crippen molar-refractivity contribution in [3.63, 3.8) is 0 Å². The standard InChI is InChI=1S/C11H9BrF3NO2/c12-9-3-1-7(2-4-9)8-5-16(6-8)18-10(17)11(13,14)15/h1-4,8H,5-6H2. The summed E-state index contributed by atoms with van der Waals surface area (Å²) < 4.78 is 36.7. The minimum absolute atomic E-state index is 0.0964. The fourth-order valence-corrected chi connectivity index (χ4v) is 1.89. The maximum atomic E-state index is 11.9. The van der Waals surface area contributed by atoms with Gasteiger partial charge < -0.3 is 4.84 Å². The fourth-order valence-electron chi connectivity index (χ4n) is 1.63. The molecule has 1 aromatic carbocycles. The van der Waals surface area contributed by atoms with Gasteiger partial charge in [0.1, 0.15) is 0 Å². The average molecular weight is 324 g/mol. The van der Waals surface area contributed by atoms with E-state index >= 15 is 0 Å². The van der Waals surface area contributed by atoms with Crippen LogP contribution in [0, 0.1) is 0 Å². The van der Waals surface area contributed by atoms with E-state index in [4.69, 9.17) is 0 Å². The molecule has 0 aromatic heterocycles. The zero-order valence-corrected chi connectivity index (χ0v) is 10.7. The minimum Gasteiger partial charge on any atom is -0.361 e. The van der Waals surface area contributed by atoms with Crippen molar-refractivity contribution in [3.8, 4) is 0 Å². The maximum Gasteiger partial charge on any atom is 0.492 e. The predicted molar refractivity (Wildman–Crippen MR) is 60.6 cm³/mol. The summed E-state index contributed by atoms with van der Waals surface area (Å²) in [6, 6.07) is 7.49. The molecule has 0 radical (unpaired) electrons. The lowest BCUT2D eigenvalue weighted by Crippen LogP contribution is -2.47. The van der Waals surface area contributed by atoms with Gasteiger partial charge in [-0.15, -0.1) is 5.06 Å². The van der Waals surface area contributed by atoms with Gasteiger partial charge in [-0.3, -0.25) is 0 Å². The highest BCUT2D eigenvalue weighted by atomic mass is 79.9. The molecular formula is C11H9BrF3NO2. The van der Waals surface area contributed by atoms with E-state index in [0.717, 1.165) is 15.1 Å². The molecule has 3 nitrogen and oxygen atoms in total. The normalized spacial score (nSPS) is 17.3. The van der Waals surface area contributed by atoms with E-state index in [1.165, 1.54) is 0 Å². The predicted octanol–water partition coefficient (Wildman–Crippen LogP) is 2.87. The number of alkyl halides is 3. The van der Waals surface area contributed by atoms with Gasteiger partial charge in [-0.25, -0.2) is 4.79 Å². The van der Waals surface area contributed by atoms with Crippen LogP contribution < -0.4 is 0 Å². The van der Waals surface area contributed by atoms with Gasteiger partial charge in [0.15, 0.2) is 0 Å². The Kier molecular flexibility index (Phi) is 3.63. The number of nitrogens with zero attached hydrogens (tertiary/aromatic N) is 1. The zero-order chi connectivity index (χ0) is 13.3. The Hall–Kier alpha value is -1.08. The SMILES string of the molecule is O=C(ON1CC(c2ccc(Br)cc2)C1)C(F)(F)F. The van der Waals surface area contributed by atoms with E-state index in [0.29, 0.717) is 0 Å². The van der Waals surface area contributed by atoms with Crippen LogP contribution >= 0.6 is 15.9 Å². The lowest BCUT2D eigenvalue weighted by Gasteiger charge is -2.37. The van der Waals surface area contributed by atoms with Crippen molar-refractivity contribution in [1.29, 1.82) is 0 Å². The Labute approximate surface area is 110 Å². The van der Waals surface area contributed by atoms with Crippen LogP contribution in [0.25, 0.3) is 0 Å². The van der Waals surface area contributed by atoms with E-state index in [1.54, 1.807) is 0 Å². The topological polar surface area (TPSA) is 29.5 Å². The lowest BCUT2D eigenvalue weighted by molar-refractivity contribution is -0.253. The molecule has 0 saturated carbocycles. The van der Waals surface area contributed by atoms with Crippen LogP contribution in [0.3, 0.4) is 0 Å². The average Bonchev–Trinajstić information content (AvgIpc) is 2.23. The van der Waals surface area contributed by atoms with Gasteiger partial charge in [-0.2, -0.15) is 13.2 Å². The Morgan fingerprint density at radius 2 is 1.83 bits per heavy atom. The molecule has 2 rings (SSSR count). The summed E-state index contributed by atoms with van der Waals surface area (Å²) in [6.45, 7) is 0.562. The fraction of sp³-hybridized carbons (Fsp3) is 0.364. The van der Waals surface area contributed by atoms with E-state index < -0.39 is 12.1 Å². The van der Waals surface area contributed by atoms with Gasteiger partial charge in [-0.05, 0) is 17.7 Å². The zero-order valence-electron chi connectivity index (χ0n) is 9.08. The van der Waals surface area contributed by atoms with Gasteiger partial charge >= 0.3 is 12.1 Å². The van der Waals surface area contributed by atoms with E-state index in [2.05, 4.69) is 20.8 Å². The first kappa shape index (κ1) is 13.4. The van der Waals surface area contributed by atoms with Crippen LogP contribution in [-0.4, -0.2) is 30.3 Å². The molecule has 18 heavy (non-hydrogen) atoms. The number of hydrogen-bond acceptors (Lipinski definition) is 3. The molecule has 98 valence electrons. The molecule has 1 aliphatic heterocycles. The molecule has 0 N–H and O–H groups in total. The monoisotopic (exact) mass is 323 g/mol. The summed E-state index contributed by atoms with van der Waals surface area (Å²) >= 11 is 3.30. The molecule has 0 bridgehead atoms. The quantitative estimate of drug-likeness (QED) is 0.838. The van der Waals surface area contributed by atoms with Crippen LogP contribution in [0.5, 0.6) is 0 Å². The summed E-state index contributed by atoms with van der Waals surface area (Å²) in [5.74, 6) is -2.07. The molecular weight excluding hydrogens is 315 g/mol. The first-order valence-electron chi connectivity index (χ1n) is 5.16. The van der Waals surface area contributed by atoms with Gasteiger partial charge in [0.25, 0.3) is 0 Å². The molecule has 1 aromatic rings. The van der Waals surface area contributed by atoms with Crippen LogP contribution in [0.1, 0.15) is 11.5 Å². The van der Waals surface area contributed by atoms with Crippen molar-refractivity contribution >= 4 is 21.9 Å².